The van der Waals surface area contributed by atoms with Gasteiger partial charge in [-0.2, -0.15) is 4.98 Å². The van der Waals surface area contributed by atoms with Crippen molar-refractivity contribution in [2.24, 2.45) is 5.73 Å². The molecule has 1 aromatic heterocycles. The highest BCUT2D eigenvalue weighted by atomic mass is 35.5. The van der Waals surface area contributed by atoms with Gasteiger partial charge in [0.25, 0.3) is 0 Å². The minimum atomic E-state index is -0.285. The summed E-state index contributed by atoms with van der Waals surface area (Å²) >= 11 is 7.52. The number of rotatable bonds is 7. The van der Waals surface area contributed by atoms with Crippen LogP contribution in [0.3, 0.4) is 0 Å². The van der Waals surface area contributed by atoms with Crippen molar-refractivity contribution in [1.29, 1.82) is 0 Å². The number of hydrogen-bond acceptors (Lipinski definition) is 6. The van der Waals surface area contributed by atoms with Gasteiger partial charge in [-0.3, -0.25) is 0 Å². The molecule has 0 saturated heterocycles. The van der Waals surface area contributed by atoms with Crippen LogP contribution in [0.4, 0.5) is 0 Å². The lowest BCUT2D eigenvalue weighted by Crippen LogP contribution is -2.13. The Morgan fingerprint density at radius 1 is 1.50 bits per heavy atom. The fourth-order valence-corrected chi connectivity index (χ4v) is 2.60. The van der Waals surface area contributed by atoms with Gasteiger partial charge in [-0.25, -0.2) is 0 Å². The first-order valence-electron chi connectivity index (χ1n) is 6.14. The Labute approximate surface area is 126 Å². The highest BCUT2D eigenvalue weighted by molar-refractivity contribution is 7.98. The van der Waals surface area contributed by atoms with Crippen molar-refractivity contribution in [3.63, 3.8) is 0 Å². The van der Waals surface area contributed by atoms with Gasteiger partial charge in [0.1, 0.15) is 0 Å². The quantitative estimate of drug-likeness (QED) is 0.792. The zero-order valence-corrected chi connectivity index (χ0v) is 12.7. The van der Waals surface area contributed by atoms with Crippen molar-refractivity contribution < 1.29 is 9.26 Å². The Morgan fingerprint density at radius 2 is 2.35 bits per heavy atom. The number of halogens is 1. The van der Waals surface area contributed by atoms with E-state index in [1.54, 1.807) is 18.9 Å². The van der Waals surface area contributed by atoms with Crippen LogP contribution in [0.2, 0.25) is 5.02 Å². The number of ether oxygens (including phenoxy) is 1. The molecule has 0 amide bonds. The highest BCUT2D eigenvalue weighted by Crippen LogP contribution is 2.24. The fraction of sp³-hybridized carbons (Fsp3) is 0.385. The van der Waals surface area contributed by atoms with E-state index in [1.807, 2.05) is 24.3 Å². The van der Waals surface area contributed by atoms with E-state index >= 15 is 0 Å². The molecule has 108 valence electrons. The number of nitrogens with zero attached hydrogens (tertiary/aromatic N) is 2. The number of benzene rings is 1. The number of aromatic nitrogens is 2. The van der Waals surface area contributed by atoms with E-state index in [4.69, 9.17) is 26.6 Å². The lowest BCUT2D eigenvalue weighted by molar-refractivity contribution is 0.182. The van der Waals surface area contributed by atoms with Gasteiger partial charge in [-0.15, -0.1) is 11.8 Å². The molecule has 0 spiro atoms. The second-order valence-corrected chi connectivity index (χ2v) is 5.67. The van der Waals surface area contributed by atoms with Crippen LogP contribution in [0.5, 0.6) is 0 Å². The molecular formula is C13H16ClN3O2S. The largest absolute Gasteiger partial charge is 0.385 e. The molecule has 0 saturated carbocycles. The molecule has 0 bridgehead atoms. The monoisotopic (exact) mass is 313 g/mol. The van der Waals surface area contributed by atoms with E-state index in [0.29, 0.717) is 35.5 Å². The van der Waals surface area contributed by atoms with Gasteiger partial charge in [0.15, 0.2) is 5.82 Å². The maximum absolute atomic E-state index is 5.93. The first-order chi connectivity index (χ1) is 9.69. The van der Waals surface area contributed by atoms with E-state index in [2.05, 4.69) is 10.1 Å². The third-order valence-corrected chi connectivity index (χ3v) is 3.82. The number of thioether (sulfide) groups is 1. The summed E-state index contributed by atoms with van der Waals surface area (Å²) in [6.45, 7) is 0.566. The third-order valence-electron chi connectivity index (χ3n) is 2.60. The summed E-state index contributed by atoms with van der Waals surface area (Å²) in [4.78, 5) is 5.35. The normalized spacial score (nSPS) is 12.6. The van der Waals surface area contributed by atoms with Gasteiger partial charge in [0.05, 0.1) is 11.8 Å². The predicted octanol–water partition coefficient (Wildman–Crippen LogP) is 3.05. The van der Waals surface area contributed by atoms with Gasteiger partial charge < -0.3 is 15.0 Å². The Bertz CT molecular complexity index is 550. The second-order valence-electron chi connectivity index (χ2n) is 4.18. The molecule has 2 aromatic rings. The Kier molecular flexibility index (Phi) is 5.85. The summed E-state index contributed by atoms with van der Waals surface area (Å²) in [5.74, 6) is 1.68. The minimum Gasteiger partial charge on any atom is -0.385 e. The summed E-state index contributed by atoms with van der Waals surface area (Å²) in [7, 11) is 1.63. The summed E-state index contributed by atoms with van der Waals surface area (Å²) in [6.07, 6.45) is 0.652. The fourth-order valence-electron chi connectivity index (χ4n) is 1.55. The lowest BCUT2D eigenvalue weighted by atomic mass is 10.2. The lowest BCUT2D eigenvalue weighted by Gasteiger charge is -2.04. The zero-order valence-electron chi connectivity index (χ0n) is 11.1. The van der Waals surface area contributed by atoms with Crippen molar-refractivity contribution in [3.8, 4) is 0 Å². The minimum absolute atomic E-state index is 0.285. The maximum Gasteiger partial charge on any atom is 0.243 e. The average Bonchev–Trinajstić information content (AvgIpc) is 2.91. The number of hydrogen-bond donors (Lipinski definition) is 1. The molecule has 5 nitrogen and oxygen atoms in total. The first kappa shape index (κ1) is 15.3. The van der Waals surface area contributed by atoms with Crippen LogP contribution in [-0.4, -0.2) is 23.9 Å². The van der Waals surface area contributed by atoms with E-state index in [-0.39, 0.29) is 6.04 Å². The van der Waals surface area contributed by atoms with Crippen LogP contribution < -0.4 is 5.73 Å². The average molecular weight is 314 g/mol. The summed E-state index contributed by atoms with van der Waals surface area (Å²) in [6, 6.07) is 7.35. The Morgan fingerprint density at radius 3 is 3.10 bits per heavy atom. The third kappa shape index (κ3) is 4.49. The van der Waals surface area contributed by atoms with Gasteiger partial charge in [0, 0.05) is 23.6 Å². The molecule has 0 aliphatic carbocycles. The van der Waals surface area contributed by atoms with E-state index in [0.717, 1.165) is 4.90 Å². The van der Waals surface area contributed by atoms with E-state index in [1.165, 1.54) is 0 Å². The molecule has 1 heterocycles. The predicted molar refractivity (Wildman–Crippen MR) is 78.7 cm³/mol. The van der Waals surface area contributed by atoms with Crippen LogP contribution >= 0.6 is 23.4 Å². The van der Waals surface area contributed by atoms with Crippen LogP contribution in [0.15, 0.2) is 33.7 Å². The molecule has 2 N–H and O–H groups in total. The molecule has 0 aliphatic heterocycles. The molecule has 7 heteroatoms. The van der Waals surface area contributed by atoms with Crippen LogP contribution in [0.25, 0.3) is 0 Å². The molecule has 1 aromatic carbocycles. The van der Waals surface area contributed by atoms with Gasteiger partial charge in [-0.05, 0) is 24.6 Å². The number of nitrogens with two attached hydrogens (primary N) is 1. The van der Waals surface area contributed by atoms with Crippen molar-refractivity contribution >= 4 is 23.4 Å². The summed E-state index contributed by atoms with van der Waals surface area (Å²) in [5.41, 5.74) is 5.92. The first-order valence-corrected chi connectivity index (χ1v) is 7.50. The maximum atomic E-state index is 5.93. The molecular weight excluding hydrogens is 298 g/mol. The standard InChI is InChI=1S/C13H16ClN3O2S/c1-18-6-5-11(15)13-16-12(17-19-13)8-20-10-4-2-3-9(14)7-10/h2-4,7,11H,5-6,8,15H2,1H3. The van der Waals surface area contributed by atoms with Gasteiger partial charge in [-0.1, -0.05) is 22.8 Å². The molecule has 2 rings (SSSR count). The van der Waals surface area contributed by atoms with Crippen molar-refractivity contribution in [2.45, 2.75) is 23.1 Å². The van der Waals surface area contributed by atoms with Crippen LogP contribution in [0, 0.1) is 0 Å². The van der Waals surface area contributed by atoms with Crippen LogP contribution in [0.1, 0.15) is 24.2 Å². The topological polar surface area (TPSA) is 74.2 Å². The molecule has 1 atom stereocenters. The van der Waals surface area contributed by atoms with Gasteiger partial charge >= 0.3 is 0 Å². The van der Waals surface area contributed by atoms with Crippen molar-refractivity contribution in [2.75, 3.05) is 13.7 Å². The smallest absolute Gasteiger partial charge is 0.243 e. The number of methoxy groups -OCH3 is 1. The zero-order chi connectivity index (χ0) is 14.4. The van der Waals surface area contributed by atoms with E-state index in [9.17, 15) is 0 Å². The highest BCUT2D eigenvalue weighted by Gasteiger charge is 2.14. The molecule has 0 radical (unpaired) electrons. The van der Waals surface area contributed by atoms with Crippen LogP contribution in [-0.2, 0) is 10.5 Å². The molecule has 0 fully saturated rings. The summed E-state index contributed by atoms with van der Waals surface area (Å²) in [5, 5.41) is 4.64. The molecule has 1 unspecified atom stereocenters. The Balaban J connectivity index is 1.89. The van der Waals surface area contributed by atoms with Crippen molar-refractivity contribution in [3.05, 3.63) is 41.0 Å². The van der Waals surface area contributed by atoms with E-state index < -0.39 is 0 Å². The van der Waals surface area contributed by atoms with Gasteiger partial charge in [0.2, 0.25) is 5.89 Å². The molecule has 0 aliphatic rings. The Hall–Kier alpha value is -1.08. The second kappa shape index (κ2) is 7.64. The van der Waals surface area contributed by atoms with Crippen molar-refractivity contribution in [1.82, 2.24) is 10.1 Å². The SMILES string of the molecule is COCCC(N)c1nc(CSc2cccc(Cl)c2)no1. The summed E-state index contributed by atoms with van der Waals surface area (Å²) < 4.78 is 10.1. The molecule has 20 heavy (non-hydrogen) atoms.